The van der Waals surface area contributed by atoms with E-state index < -0.39 is 9.84 Å². The molecule has 21 heavy (non-hydrogen) atoms. The van der Waals surface area contributed by atoms with Crippen LogP contribution in [-0.4, -0.2) is 25.8 Å². The topological polar surface area (TPSA) is 63.2 Å². The van der Waals surface area contributed by atoms with Gasteiger partial charge in [0.25, 0.3) is 0 Å². The van der Waals surface area contributed by atoms with Crippen molar-refractivity contribution in [2.75, 3.05) is 16.8 Å². The van der Waals surface area contributed by atoms with Gasteiger partial charge in [-0.3, -0.25) is 4.79 Å². The largest absolute Gasteiger partial charge is 0.325 e. The highest BCUT2D eigenvalue weighted by Crippen LogP contribution is 2.30. The highest BCUT2D eigenvalue weighted by Gasteiger charge is 2.24. The Hall–Kier alpha value is -0.980. The van der Waals surface area contributed by atoms with Crippen molar-refractivity contribution in [1.29, 1.82) is 0 Å². The fourth-order valence-electron chi connectivity index (χ4n) is 2.09. The molecule has 1 N–H and O–H groups in total. The lowest BCUT2D eigenvalue weighted by Crippen LogP contribution is -2.18. The Morgan fingerprint density at radius 3 is 2.86 bits per heavy atom. The number of thioether (sulfide) groups is 1. The van der Waals surface area contributed by atoms with Crippen LogP contribution in [0.15, 0.2) is 34.6 Å². The van der Waals surface area contributed by atoms with E-state index in [0.717, 1.165) is 10.6 Å². The molecular formula is C14H16ClNO3S2. The Balaban J connectivity index is 2.03. The van der Waals surface area contributed by atoms with Crippen LogP contribution in [0.25, 0.3) is 0 Å². The average molecular weight is 346 g/mol. The maximum atomic E-state index is 12.1. The zero-order valence-corrected chi connectivity index (χ0v) is 13.9. The summed E-state index contributed by atoms with van der Waals surface area (Å²) in [5, 5.41) is 4.55. The summed E-state index contributed by atoms with van der Waals surface area (Å²) in [4.78, 5) is 13.0. The lowest BCUT2D eigenvalue weighted by molar-refractivity contribution is -0.116. The Labute approximate surface area is 133 Å². The minimum atomic E-state index is -3.12. The summed E-state index contributed by atoms with van der Waals surface area (Å²) in [6.07, 6.45) is 1.73. The monoisotopic (exact) mass is 345 g/mol. The molecule has 1 heterocycles. The van der Waals surface area contributed by atoms with Crippen LogP contribution in [0.1, 0.15) is 13.3 Å². The third-order valence-corrected chi connectivity index (χ3v) is 5.62. The first-order valence-corrected chi connectivity index (χ1v) is 9.60. The molecule has 0 saturated heterocycles. The quantitative estimate of drug-likeness (QED) is 0.831. The summed E-state index contributed by atoms with van der Waals surface area (Å²) in [5.74, 6) is 0.430. The molecule has 0 spiro atoms. The van der Waals surface area contributed by atoms with E-state index in [1.54, 1.807) is 30.0 Å². The van der Waals surface area contributed by atoms with E-state index in [1.165, 1.54) is 5.41 Å². The summed E-state index contributed by atoms with van der Waals surface area (Å²) < 4.78 is 22.7. The number of anilines is 1. The molecule has 2 rings (SSSR count). The van der Waals surface area contributed by atoms with Crippen molar-refractivity contribution in [2.45, 2.75) is 18.2 Å². The lowest BCUT2D eigenvalue weighted by atomic mass is 10.1. The number of halogens is 1. The summed E-state index contributed by atoms with van der Waals surface area (Å²) in [6.45, 7) is 2.03. The van der Waals surface area contributed by atoms with Crippen molar-refractivity contribution in [2.24, 2.45) is 5.92 Å². The molecule has 0 bridgehead atoms. The molecule has 1 aliphatic rings. The molecule has 1 unspecified atom stereocenters. The van der Waals surface area contributed by atoms with Crippen LogP contribution in [-0.2, 0) is 14.6 Å². The fraction of sp³-hybridized carbons (Fsp3) is 0.357. The van der Waals surface area contributed by atoms with Gasteiger partial charge in [0, 0.05) is 27.7 Å². The highest BCUT2D eigenvalue weighted by molar-refractivity contribution is 7.99. The van der Waals surface area contributed by atoms with E-state index in [0.29, 0.717) is 10.7 Å². The van der Waals surface area contributed by atoms with Crippen LogP contribution < -0.4 is 5.32 Å². The predicted octanol–water partition coefficient (Wildman–Crippen LogP) is 3.34. The van der Waals surface area contributed by atoms with E-state index in [-0.39, 0.29) is 24.0 Å². The second-order valence-electron chi connectivity index (χ2n) is 4.74. The van der Waals surface area contributed by atoms with Gasteiger partial charge >= 0.3 is 0 Å². The van der Waals surface area contributed by atoms with Gasteiger partial charge in [0.15, 0.2) is 9.84 Å². The molecule has 0 radical (unpaired) electrons. The summed E-state index contributed by atoms with van der Waals surface area (Å²) in [5.41, 5.74) is 0.671. The maximum Gasteiger partial charge on any atom is 0.225 e. The van der Waals surface area contributed by atoms with Crippen molar-refractivity contribution in [3.8, 4) is 0 Å². The third kappa shape index (κ3) is 4.76. The zero-order chi connectivity index (χ0) is 15.5. The number of nitrogens with one attached hydrogen (secondary N) is 1. The predicted molar refractivity (Wildman–Crippen MR) is 87.5 cm³/mol. The molecule has 114 valence electrons. The van der Waals surface area contributed by atoms with Gasteiger partial charge in [-0.15, -0.1) is 11.8 Å². The molecule has 1 amide bonds. The Bertz CT molecular complexity index is 671. The van der Waals surface area contributed by atoms with Gasteiger partial charge < -0.3 is 5.32 Å². The number of carbonyl (C=O) groups excluding carboxylic acids is 1. The van der Waals surface area contributed by atoms with Gasteiger partial charge in [-0.1, -0.05) is 24.6 Å². The molecular weight excluding hydrogens is 330 g/mol. The number of allylic oxidation sites excluding steroid dienone is 1. The van der Waals surface area contributed by atoms with Crippen molar-refractivity contribution in [3.05, 3.63) is 34.7 Å². The van der Waals surface area contributed by atoms with Gasteiger partial charge in [-0.05, 0) is 24.0 Å². The van der Waals surface area contributed by atoms with E-state index in [2.05, 4.69) is 5.32 Å². The minimum Gasteiger partial charge on any atom is -0.325 e. The minimum absolute atomic E-state index is 0.00648. The molecule has 1 aromatic carbocycles. The van der Waals surface area contributed by atoms with E-state index in [9.17, 15) is 13.2 Å². The Kier molecular flexibility index (Phi) is 5.35. The fourth-order valence-corrected chi connectivity index (χ4v) is 4.40. The second kappa shape index (κ2) is 6.85. The molecule has 0 aromatic heterocycles. The number of hydrogen-bond acceptors (Lipinski definition) is 4. The molecule has 1 aliphatic heterocycles. The third-order valence-electron chi connectivity index (χ3n) is 2.97. The molecule has 0 aliphatic carbocycles. The van der Waals surface area contributed by atoms with Gasteiger partial charge in [-0.2, -0.15) is 0 Å². The summed E-state index contributed by atoms with van der Waals surface area (Å²) in [6, 6.07) is 5.35. The van der Waals surface area contributed by atoms with Crippen LogP contribution in [0.3, 0.4) is 0 Å². The smallest absolute Gasteiger partial charge is 0.225 e. The first-order chi connectivity index (χ1) is 9.89. The normalized spacial score (nSPS) is 19.6. The summed E-state index contributed by atoms with van der Waals surface area (Å²) in [7, 11) is -3.12. The van der Waals surface area contributed by atoms with Gasteiger partial charge in [0.1, 0.15) is 0 Å². The maximum absolute atomic E-state index is 12.1. The summed E-state index contributed by atoms with van der Waals surface area (Å²) >= 11 is 7.57. The molecule has 0 fully saturated rings. The first-order valence-electron chi connectivity index (χ1n) is 6.53. The van der Waals surface area contributed by atoms with Crippen LogP contribution in [0.2, 0.25) is 5.02 Å². The number of sulfone groups is 1. The van der Waals surface area contributed by atoms with Crippen LogP contribution in [0.5, 0.6) is 0 Å². The van der Waals surface area contributed by atoms with Crippen molar-refractivity contribution >= 4 is 44.8 Å². The highest BCUT2D eigenvalue weighted by atomic mass is 35.5. The van der Waals surface area contributed by atoms with Crippen LogP contribution in [0, 0.1) is 5.92 Å². The molecule has 7 heteroatoms. The number of rotatable bonds is 5. The second-order valence-corrected chi connectivity index (χ2v) is 8.42. The van der Waals surface area contributed by atoms with Crippen LogP contribution >= 0.6 is 23.4 Å². The Morgan fingerprint density at radius 1 is 1.48 bits per heavy atom. The molecule has 0 saturated carbocycles. The zero-order valence-electron chi connectivity index (χ0n) is 11.5. The van der Waals surface area contributed by atoms with Crippen molar-refractivity contribution in [1.82, 2.24) is 0 Å². The number of hydrogen-bond donors (Lipinski definition) is 1. The average Bonchev–Trinajstić information content (AvgIpc) is 2.72. The van der Waals surface area contributed by atoms with Gasteiger partial charge in [0.2, 0.25) is 5.91 Å². The number of benzene rings is 1. The molecule has 1 aromatic rings. The first kappa shape index (κ1) is 16.4. The van der Waals surface area contributed by atoms with E-state index >= 15 is 0 Å². The van der Waals surface area contributed by atoms with Crippen LogP contribution in [0.4, 0.5) is 5.69 Å². The Morgan fingerprint density at radius 2 is 2.24 bits per heavy atom. The number of amides is 1. The van der Waals surface area contributed by atoms with E-state index in [4.69, 9.17) is 11.6 Å². The SMILES string of the molecule is CCSc1ccc(Cl)cc1NC(=O)CC1C=CS(=O)(=O)C1. The number of carbonyl (C=O) groups is 1. The standard InChI is InChI=1S/C14H16ClNO3S2/c1-2-20-13-4-3-11(15)8-12(13)16-14(17)7-10-5-6-21(18,19)9-10/h3-6,8,10H,2,7,9H2,1H3,(H,16,17). The van der Waals surface area contributed by atoms with Gasteiger partial charge in [-0.25, -0.2) is 8.42 Å². The van der Waals surface area contributed by atoms with Crippen molar-refractivity contribution in [3.63, 3.8) is 0 Å². The molecule has 1 atom stereocenters. The molecule has 4 nitrogen and oxygen atoms in total. The van der Waals surface area contributed by atoms with E-state index in [1.807, 2.05) is 13.0 Å². The van der Waals surface area contributed by atoms with Crippen molar-refractivity contribution < 1.29 is 13.2 Å². The van der Waals surface area contributed by atoms with Gasteiger partial charge in [0.05, 0.1) is 11.4 Å². The lowest BCUT2D eigenvalue weighted by Gasteiger charge is -2.12.